The van der Waals surface area contributed by atoms with Crippen molar-refractivity contribution in [1.29, 1.82) is 0 Å². The Morgan fingerprint density at radius 2 is 1.63 bits per heavy atom. The Morgan fingerprint density at radius 1 is 0.917 bits per heavy atom. The first-order chi connectivity index (χ1) is 29.0. The number of hydrogen-bond acceptors (Lipinski definition) is 15. The predicted molar refractivity (Wildman–Crippen MR) is 228 cm³/mol. The number of aliphatic carboxylic acids is 2. The number of benzene rings is 1. The number of rotatable bonds is 29. The van der Waals surface area contributed by atoms with E-state index in [4.69, 9.17) is 40.6 Å². The van der Waals surface area contributed by atoms with Crippen LogP contribution in [-0.4, -0.2) is 161 Å². The molecule has 0 unspecified atom stereocenters. The molecule has 8 N–H and O–H groups in total. The second-order valence-electron chi connectivity index (χ2n) is 14.3. The summed E-state index contributed by atoms with van der Waals surface area (Å²) in [6, 6.07) is 7.08. The number of carbonyl (C=O) groups is 4. The molecule has 2 amide bonds. The van der Waals surface area contributed by atoms with Crippen molar-refractivity contribution in [3.8, 4) is 5.75 Å². The Hall–Kier alpha value is -4.73. The number of carboxylic acids is 2. The molecule has 19 nitrogen and oxygen atoms in total. The summed E-state index contributed by atoms with van der Waals surface area (Å²) in [5, 5.41) is 23.0. The van der Waals surface area contributed by atoms with Crippen LogP contribution >= 0.6 is 11.8 Å². The maximum atomic E-state index is 12.8. The van der Waals surface area contributed by atoms with Crippen LogP contribution in [0.1, 0.15) is 50.2 Å². The van der Waals surface area contributed by atoms with Crippen LogP contribution in [0.5, 0.6) is 5.75 Å². The molecule has 20 heteroatoms. The van der Waals surface area contributed by atoms with Gasteiger partial charge in [-0.3, -0.25) is 24.1 Å². The van der Waals surface area contributed by atoms with Crippen molar-refractivity contribution in [1.82, 2.24) is 29.7 Å². The SMILES string of the molecule is CCCCCNc1nc(N)nc2ccn(Cc3ccc(CN4CCN(C(=O)CCOCCOCCOCCNC(=O)[C@H](CC(=O)O)SC[C@H](N)C(=O)O)CC4)cc3OC)c12. The number of unbranched alkanes of at least 4 members (excludes halogenated alkanes) is 2. The van der Waals surface area contributed by atoms with E-state index in [1.54, 1.807) is 7.11 Å². The summed E-state index contributed by atoms with van der Waals surface area (Å²) in [5.41, 5.74) is 15.3. The Kier molecular flexibility index (Phi) is 20.6. The zero-order chi connectivity index (χ0) is 43.3. The number of ether oxygens (including phenoxy) is 4. The van der Waals surface area contributed by atoms with E-state index < -0.39 is 35.6 Å². The van der Waals surface area contributed by atoms with E-state index in [1.165, 1.54) is 0 Å². The van der Waals surface area contributed by atoms with Gasteiger partial charge in [0.2, 0.25) is 17.8 Å². The van der Waals surface area contributed by atoms with Crippen LogP contribution < -0.4 is 26.8 Å². The lowest BCUT2D eigenvalue weighted by molar-refractivity contribution is -0.138. The minimum atomic E-state index is -1.23. The number of fused-ring (bicyclic) bond motifs is 1. The van der Waals surface area contributed by atoms with Gasteiger partial charge in [-0.25, -0.2) is 4.98 Å². The highest BCUT2D eigenvalue weighted by Crippen LogP contribution is 2.28. The number of nitrogens with one attached hydrogen (secondary N) is 2. The van der Waals surface area contributed by atoms with E-state index in [-0.39, 0.29) is 43.8 Å². The zero-order valence-corrected chi connectivity index (χ0v) is 35.5. The Labute approximate surface area is 354 Å². The van der Waals surface area contributed by atoms with Crippen molar-refractivity contribution in [2.24, 2.45) is 5.73 Å². The lowest BCUT2D eigenvalue weighted by atomic mass is 10.1. The van der Waals surface area contributed by atoms with Gasteiger partial charge in [0.1, 0.15) is 17.3 Å². The van der Waals surface area contributed by atoms with Gasteiger partial charge in [0.25, 0.3) is 0 Å². The third kappa shape index (κ3) is 16.0. The van der Waals surface area contributed by atoms with Crippen molar-refractivity contribution >= 4 is 58.3 Å². The average molecular weight is 860 g/mol. The Bertz CT molecular complexity index is 1830. The molecule has 0 aliphatic carbocycles. The van der Waals surface area contributed by atoms with Gasteiger partial charge in [0.05, 0.1) is 76.9 Å². The molecule has 2 aromatic heterocycles. The van der Waals surface area contributed by atoms with Crippen LogP contribution in [0.4, 0.5) is 11.8 Å². The second kappa shape index (κ2) is 25.8. The first-order valence-electron chi connectivity index (χ1n) is 20.3. The van der Waals surface area contributed by atoms with Crippen molar-refractivity contribution in [2.75, 3.05) is 103 Å². The van der Waals surface area contributed by atoms with E-state index >= 15 is 0 Å². The minimum Gasteiger partial charge on any atom is -0.496 e. The number of hydrogen-bond donors (Lipinski definition) is 6. The van der Waals surface area contributed by atoms with Crippen molar-refractivity contribution in [3.63, 3.8) is 0 Å². The fraction of sp³-hybridized carbons (Fsp3) is 0.600. The monoisotopic (exact) mass is 859 g/mol. The van der Waals surface area contributed by atoms with E-state index in [0.717, 1.165) is 90.9 Å². The smallest absolute Gasteiger partial charge is 0.321 e. The summed E-state index contributed by atoms with van der Waals surface area (Å²) in [6.07, 6.45) is 5.16. The summed E-state index contributed by atoms with van der Waals surface area (Å²) in [4.78, 5) is 60.3. The topological polar surface area (TPSA) is 259 Å². The number of anilines is 2. The number of amides is 2. The predicted octanol–water partition coefficient (Wildman–Crippen LogP) is 1.86. The van der Waals surface area contributed by atoms with Gasteiger partial charge in [0, 0.05) is 63.3 Å². The Balaban J connectivity index is 1.07. The van der Waals surface area contributed by atoms with E-state index in [2.05, 4.69) is 55.2 Å². The zero-order valence-electron chi connectivity index (χ0n) is 34.6. The maximum absolute atomic E-state index is 12.8. The summed E-state index contributed by atoms with van der Waals surface area (Å²) < 4.78 is 24.5. The molecule has 0 saturated carbocycles. The van der Waals surface area contributed by atoms with Gasteiger partial charge < -0.3 is 60.7 Å². The molecular weight excluding hydrogens is 799 g/mol. The molecule has 1 aliphatic rings. The van der Waals surface area contributed by atoms with Crippen LogP contribution in [0.15, 0.2) is 30.5 Å². The normalized spacial score (nSPS) is 14.2. The van der Waals surface area contributed by atoms with Crippen molar-refractivity contribution in [2.45, 2.75) is 63.4 Å². The van der Waals surface area contributed by atoms with Crippen LogP contribution in [0, 0.1) is 0 Å². The largest absolute Gasteiger partial charge is 0.496 e. The van der Waals surface area contributed by atoms with Gasteiger partial charge in [-0.2, -0.15) is 4.98 Å². The molecule has 1 fully saturated rings. The molecule has 3 aromatic rings. The average Bonchev–Trinajstić information content (AvgIpc) is 3.63. The molecule has 0 radical (unpaired) electrons. The number of thioether (sulfide) groups is 1. The second-order valence-corrected chi connectivity index (χ2v) is 15.5. The fourth-order valence-corrected chi connectivity index (χ4v) is 7.55. The van der Waals surface area contributed by atoms with Crippen LogP contribution in [-0.2, 0) is 46.5 Å². The molecule has 1 saturated heterocycles. The summed E-state index contributed by atoms with van der Waals surface area (Å²) >= 11 is 0.886. The third-order valence-electron chi connectivity index (χ3n) is 9.72. The molecule has 1 aliphatic heterocycles. The molecule has 332 valence electrons. The van der Waals surface area contributed by atoms with Gasteiger partial charge in [-0.05, 0) is 24.1 Å². The molecule has 3 heterocycles. The summed E-state index contributed by atoms with van der Waals surface area (Å²) in [7, 11) is 1.69. The van der Waals surface area contributed by atoms with Crippen LogP contribution in [0.25, 0.3) is 11.0 Å². The molecule has 2 atom stereocenters. The molecular formula is C40H61N9O10S. The molecule has 1 aromatic carbocycles. The number of piperazine rings is 1. The molecule has 0 bridgehead atoms. The highest BCUT2D eigenvalue weighted by Gasteiger charge is 2.25. The van der Waals surface area contributed by atoms with Crippen LogP contribution in [0.2, 0.25) is 0 Å². The third-order valence-corrected chi connectivity index (χ3v) is 11.1. The Morgan fingerprint density at radius 3 is 2.32 bits per heavy atom. The van der Waals surface area contributed by atoms with Crippen molar-refractivity contribution in [3.05, 3.63) is 41.6 Å². The minimum absolute atomic E-state index is 0.0590. The lowest BCUT2D eigenvalue weighted by Gasteiger charge is -2.35. The van der Waals surface area contributed by atoms with E-state index in [9.17, 15) is 19.2 Å². The molecule has 0 spiro atoms. The first-order valence-corrected chi connectivity index (χ1v) is 21.4. The van der Waals surface area contributed by atoms with Gasteiger partial charge in [-0.1, -0.05) is 31.9 Å². The summed E-state index contributed by atoms with van der Waals surface area (Å²) in [6.45, 7) is 9.00. The number of methoxy groups -OCH3 is 1. The van der Waals surface area contributed by atoms with Gasteiger partial charge in [0.15, 0.2) is 5.82 Å². The number of aromatic nitrogens is 3. The lowest BCUT2D eigenvalue weighted by Crippen LogP contribution is -2.48. The number of nitrogens with two attached hydrogens (primary N) is 2. The fourth-order valence-electron chi connectivity index (χ4n) is 6.47. The number of nitrogen functional groups attached to an aromatic ring is 1. The van der Waals surface area contributed by atoms with Crippen molar-refractivity contribution < 1.29 is 48.3 Å². The molecule has 4 rings (SSSR count). The van der Waals surface area contributed by atoms with E-state index in [0.29, 0.717) is 46.1 Å². The van der Waals surface area contributed by atoms with Gasteiger partial charge in [-0.15, -0.1) is 11.8 Å². The highest BCUT2D eigenvalue weighted by atomic mass is 32.2. The first kappa shape index (κ1) is 47.9. The van der Waals surface area contributed by atoms with E-state index in [1.807, 2.05) is 17.2 Å². The van der Waals surface area contributed by atoms with Crippen LogP contribution in [0.3, 0.4) is 0 Å². The standard InChI is InChI=1S/C40H61N9O10S/c1-3-4-5-10-43-37-36-31(45-40(42)46-37)8-12-49(36)26-29-7-6-28(23-32(29)56-2)25-47-13-15-48(16-14-47)34(50)9-17-57-19-21-59-22-20-58-18-11-44-38(53)33(24-35(51)52)60-27-30(41)39(54)55/h6-8,12,23,30,33H,3-5,9-11,13-22,24-27,41H2,1-2H3,(H,44,53)(H,51,52)(H,54,55)(H3,42,43,45,46)/t30-,33-/m0/s1. The molecule has 60 heavy (non-hydrogen) atoms. The van der Waals surface area contributed by atoms with Gasteiger partial charge >= 0.3 is 11.9 Å². The number of nitrogens with zero attached hydrogens (tertiary/aromatic N) is 5. The highest BCUT2D eigenvalue weighted by molar-refractivity contribution is 8.00. The summed E-state index contributed by atoms with van der Waals surface area (Å²) in [5.74, 6) is -1.18. The number of carbonyl (C=O) groups excluding carboxylic acids is 2. The maximum Gasteiger partial charge on any atom is 0.321 e. The quantitative estimate of drug-likeness (QED) is 0.0545. The number of carboxylic acid groups (broad SMARTS) is 2.